The summed E-state index contributed by atoms with van der Waals surface area (Å²) in [6, 6.07) is 13.1. The maximum atomic E-state index is 12.1. The molecule has 2 aromatic carbocycles. The normalized spacial score (nSPS) is 10.7. The van der Waals surface area contributed by atoms with Crippen LogP contribution in [0, 0.1) is 0 Å². The fourth-order valence-electron chi connectivity index (χ4n) is 2.19. The Labute approximate surface area is 127 Å². The lowest BCUT2D eigenvalue weighted by Crippen LogP contribution is -2.25. The summed E-state index contributed by atoms with van der Waals surface area (Å²) in [5.41, 5.74) is 2.59. The highest BCUT2D eigenvalue weighted by molar-refractivity contribution is 6.30. The molecule has 3 rings (SSSR count). The van der Waals surface area contributed by atoms with Crippen molar-refractivity contribution in [1.82, 2.24) is 15.5 Å². The Bertz CT molecular complexity index is 782. The Balaban J connectivity index is 1.61. The molecular weight excluding hydrogens is 286 g/mol. The summed E-state index contributed by atoms with van der Waals surface area (Å²) in [6.07, 6.45) is 2.48. The van der Waals surface area contributed by atoms with E-state index in [4.69, 9.17) is 11.6 Å². The van der Waals surface area contributed by atoms with Gasteiger partial charge in [-0.1, -0.05) is 29.8 Å². The first kappa shape index (κ1) is 13.6. The van der Waals surface area contributed by atoms with Crippen LogP contribution in [0.5, 0.6) is 0 Å². The van der Waals surface area contributed by atoms with Crippen LogP contribution in [0.25, 0.3) is 10.9 Å². The van der Waals surface area contributed by atoms with E-state index in [1.54, 1.807) is 18.3 Å². The minimum absolute atomic E-state index is 0.0893. The molecule has 2 N–H and O–H groups in total. The molecule has 0 saturated carbocycles. The molecule has 0 spiro atoms. The van der Waals surface area contributed by atoms with Gasteiger partial charge in [-0.2, -0.15) is 5.10 Å². The van der Waals surface area contributed by atoms with E-state index in [0.717, 1.165) is 22.9 Å². The van der Waals surface area contributed by atoms with Crippen LogP contribution in [0.4, 0.5) is 0 Å². The largest absolute Gasteiger partial charge is 0.352 e. The molecule has 0 fully saturated rings. The standard InChI is InChI=1S/C16H14ClN3O/c17-14-3-1-2-11(8-14)6-7-18-16(21)12-4-5-13-10-19-20-15(13)9-12/h1-5,8-10H,6-7H2,(H,18,21)(H,19,20). The summed E-state index contributed by atoms with van der Waals surface area (Å²) >= 11 is 5.93. The van der Waals surface area contributed by atoms with Crippen LogP contribution >= 0.6 is 11.6 Å². The molecule has 5 heteroatoms. The number of aromatic amines is 1. The minimum atomic E-state index is -0.0893. The van der Waals surface area contributed by atoms with E-state index < -0.39 is 0 Å². The number of aromatic nitrogens is 2. The van der Waals surface area contributed by atoms with Gasteiger partial charge in [0.25, 0.3) is 5.91 Å². The van der Waals surface area contributed by atoms with Gasteiger partial charge in [-0.3, -0.25) is 9.89 Å². The van der Waals surface area contributed by atoms with Crippen LogP contribution in [0.1, 0.15) is 15.9 Å². The molecule has 1 heterocycles. The molecule has 3 aromatic rings. The average molecular weight is 300 g/mol. The van der Waals surface area contributed by atoms with Crippen molar-refractivity contribution >= 4 is 28.4 Å². The molecule has 0 aliphatic rings. The summed E-state index contributed by atoms with van der Waals surface area (Å²) in [4.78, 5) is 12.1. The number of hydrogen-bond acceptors (Lipinski definition) is 2. The summed E-state index contributed by atoms with van der Waals surface area (Å²) in [5.74, 6) is -0.0893. The Hall–Kier alpha value is -2.33. The van der Waals surface area contributed by atoms with Gasteiger partial charge in [0.1, 0.15) is 0 Å². The van der Waals surface area contributed by atoms with Crippen LogP contribution in [-0.4, -0.2) is 22.6 Å². The lowest BCUT2D eigenvalue weighted by atomic mass is 10.1. The highest BCUT2D eigenvalue weighted by Crippen LogP contribution is 2.13. The van der Waals surface area contributed by atoms with Crippen LogP contribution in [0.3, 0.4) is 0 Å². The number of H-pyrrole nitrogens is 1. The third-order valence-corrected chi connectivity index (χ3v) is 3.53. The van der Waals surface area contributed by atoms with E-state index in [2.05, 4.69) is 15.5 Å². The fraction of sp³-hybridized carbons (Fsp3) is 0.125. The van der Waals surface area contributed by atoms with E-state index in [1.165, 1.54) is 0 Å². The molecule has 0 unspecified atom stereocenters. The molecule has 0 bridgehead atoms. The van der Waals surface area contributed by atoms with Gasteiger partial charge in [0.2, 0.25) is 0 Å². The zero-order valence-electron chi connectivity index (χ0n) is 11.3. The number of amides is 1. The molecule has 4 nitrogen and oxygen atoms in total. The second-order valence-corrected chi connectivity index (χ2v) is 5.24. The van der Waals surface area contributed by atoms with Gasteiger partial charge in [0, 0.05) is 22.5 Å². The molecule has 0 aliphatic carbocycles. The SMILES string of the molecule is O=C(NCCc1cccc(Cl)c1)c1ccc2cn[nH]c2c1. The number of benzene rings is 2. The third kappa shape index (κ3) is 3.23. The van der Waals surface area contributed by atoms with Gasteiger partial charge in [-0.15, -0.1) is 0 Å². The monoisotopic (exact) mass is 299 g/mol. The Kier molecular flexibility index (Phi) is 3.88. The lowest BCUT2D eigenvalue weighted by Gasteiger charge is -2.06. The number of carbonyl (C=O) groups excluding carboxylic acids is 1. The highest BCUT2D eigenvalue weighted by atomic mass is 35.5. The van der Waals surface area contributed by atoms with Gasteiger partial charge in [-0.25, -0.2) is 0 Å². The Morgan fingerprint density at radius 1 is 1.24 bits per heavy atom. The van der Waals surface area contributed by atoms with Crippen molar-refractivity contribution in [2.45, 2.75) is 6.42 Å². The molecule has 0 aliphatic heterocycles. The van der Waals surface area contributed by atoms with Gasteiger partial charge in [-0.05, 0) is 36.2 Å². The lowest BCUT2D eigenvalue weighted by molar-refractivity contribution is 0.0954. The number of carbonyl (C=O) groups is 1. The second-order valence-electron chi connectivity index (χ2n) is 4.81. The number of nitrogens with one attached hydrogen (secondary N) is 2. The Morgan fingerprint density at radius 3 is 3.00 bits per heavy atom. The average Bonchev–Trinajstić information content (AvgIpc) is 2.94. The predicted octanol–water partition coefficient (Wildman–Crippen LogP) is 3.19. The van der Waals surface area contributed by atoms with Gasteiger partial charge >= 0.3 is 0 Å². The van der Waals surface area contributed by atoms with E-state index >= 15 is 0 Å². The summed E-state index contributed by atoms with van der Waals surface area (Å²) in [6.45, 7) is 0.570. The molecule has 1 aromatic heterocycles. The van der Waals surface area contributed by atoms with Crippen molar-refractivity contribution in [3.05, 3.63) is 64.8 Å². The van der Waals surface area contributed by atoms with E-state index in [0.29, 0.717) is 17.1 Å². The zero-order chi connectivity index (χ0) is 14.7. The topological polar surface area (TPSA) is 57.8 Å². The van der Waals surface area contributed by atoms with Crippen molar-refractivity contribution in [3.8, 4) is 0 Å². The maximum absolute atomic E-state index is 12.1. The molecule has 1 amide bonds. The first-order valence-electron chi connectivity index (χ1n) is 6.68. The van der Waals surface area contributed by atoms with Gasteiger partial charge < -0.3 is 5.32 Å². The molecule has 0 radical (unpaired) electrons. The van der Waals surface area contributed by atoms with Crippen LogP contribution in [-0.2, 0) is 6.42 Å². The fourth-order valence-corrected chi connectivity index (χ4v) is 2.41. The van der Waals surface area contributed by atoms with Crippen molar-refractivity contribution < 1.29 is 4.79 Å². The highest BCUT2D eigenvalue weighted by Gasteiger charge is 2.06. The number of nitrogens with zero attached hydrogens (tertiary/aromatic N) is 1. The predicted molar refractivity (Wildman–Crippen MR) is 83.6 cm³/mol. The van der Waals surface area contributed by atoms with Crippen LogP contribution in [0.2, 0.25) is 5.02 Å². The molecule has 21 heavy (non-hydrogen) atoms. The van der Waals surface area contributed by atoms with Crippen molar-refractivity contribution in [3.63, 3.8) is 0 Å². The van der Waals surface area contributed by atoms with Crippen molar-refractivity contribution in [2.75, 3.05) is 6.54 Å². The van der Waals surface area contributed by atoms with Crippen LogP contribution in [0.15, 0.2) is 48.7 Å². The quantitative estimate of drug-likeness (QED) is 0.777. The van der Waals surface area contributed by atoms with Crippen molar-refractivity contribution in [1.29, 1.82) is 0 Å². The molecule has 0 saturated heterocycles. The van der Waals surface area contributed by atoms with E-state index in [-0.39, 0.29) is 5.91 Å². The Morgan fingerprint density at radius 2 is 2.14 bits per heavy atom. The number of fused-ring (bicyclic) bond motifs is 1. The van der Waals surface area contributed by atoms with E-state index in [9.17, 15) is 4.79 Å². The summed E-state index contributed by atoms with van der Waals surface area (Å²) < 4.78 is 0. The number of rotatable bonds is 4. The van der Waals surface area contributed by atoms with Crippen LogP contribution < -0.4 is 5.32 Å². The first-order valence-corrected chi connectivity index (χ1v) is 7.06. The maximum Gasteiger partial charge on any atom is 0.251 e. The molecule has 106 valence electrons. The number of halogens is 1. The first-order chi connectivity index (χ1) is 10.2. The molecule has 0 atom stereocenters. The summed E-state index contributed by atoms with van der Waals surface area (Å²) in [7, 11) is 0. The summed E-state index contributed by atoms with van der Waals surface area (Å²) in [5, 5.41) is 11.4. The van der Waals surface area contributed by atoms with Gasteiger partial charge in [0.05, 0.1) is 11.7 Å². The smallest absolute Gasteiger partial charge is 0.251 e. The second kappa shape index (κ2) is 5.97. The van der Waals surface area contributed by atoms with Gasteiger partial charge in [0.15, 0.2) is 0 Å². The molecular formula is C16H14ClN3O. The van der Waals surface area contributed by atoms with E-state index in [1.807, 2.05) is 30.3 Å². The number of hydrogen-bond donors (Lipinski definition) is 2. The zero-order valence-corrected chi connectivity index (χ0v) is 12.0. The third-order valence-electron chi connectivity index (χ3n) is 3.29. The van der Waals surface area contributed by atoms with Crippen molar-refractivity contribution in [2.24, 2.45) is 0 Å². The minimum Gasteiger partial charge on any atom is -0.352 e.